The molecule has 0 aromatic heterocycles. The van der Waals surface area contributed by atoms with E-state index in [1.165, 1.54) is 4.90 Å². The predicted molar refractivity (Wildman–Crippen MR) is 123 cm³/mol. The summed E-state index contributed by atoms with van der Waals surface area (Å²) in [5.74, 6) is 0.117. The third kappa shape index (κ3) is 2.46. The summed E-state index contributed by atoms with van der Waals surface area (Å²) in [4.78, 5) is 34.5. The van der Waals surface area contributed by atoms with Crippen LogP contribution in [0.2, 0.25) is 0 Å². The molecule has 0 spiro atoms. The Morgan fingerprint density at radius 3 is 2.36 bits per heavy atom. The molecule has 2 aliphatic heterocycles. The molecule has 3 aromatic rings. The second-order valence-corrected chi connectivity index (χ2v) is 9.46. The van der Waals surface area contributed by atoms with Gasteiger partial charge in [0.25, 0.3) is 0 Å². The van der Waals surface area contributed by atoms with Crippen molar-refractivity contribution >= 4 is 34.0 Å². The van der Waals surface area contributed by atoms with Gasteiger partial charge < -0.3 is 9.57 Å². The molecule has 33 heavy (non-hydrogen) atoms. The van der Waals surface area contributed by atoms with Crippen molar-refractivity contribution in [2.45, 2.75) is 12.5 Å². The van der Waals surface area contributed by atoms with E-state index in [4.69, 9.17) is 9.57 Å². The summed E-state index contributed by atoms with van der Waals surface area (Å²) >= 11 is 0. The van der Waals surface area contributed by atoms with Crippen LogP contribution >= 0.6 is 0 Å². The van der Waals surface area contributed by atoms with Crippen LogP contribution in [0.1, 0.15) is 12.0 Å². The highest BCUT2D eigenvalue weighted by molar-refractivity contribution is 6.23. The Labute approximate surface area is 190 Å². The molecule has 2 heterocycles. The van der Waals surface area contributed by atoms with Gasteiger partial charge in [0.15, 0.2) is 0 Å². The van der Waals surface area contributed by atoms with Gasteiger partial charge in [0.1, 0.15) is 11.9 Å². The van der Waals surface area contributed by atoms with Crippen LogP contribution in [0.25, 0.3) is 10.8 Å². The third-order valence-electron chi connectivity index (χ3n) is 8.07. The van der Waals surface area contributed by atoms with Gasteiger partial charge in [-0.15, -0.1) is 0 Å². The lowest BCUT2D eigenvalue weighted by molar-refractivity contribution is -0.125. The predicted octanol–water partition coefficient (Wildman–Crippen LogP) is 4.02. The number of hydrogen-bond acceptors (Lipinski definition) is 5. The molecule has 4 aliphatic rings. The Balaban J connectivity index is 1.23. The number of nitrogens with zero attached hydrogens (tertiary/aromatic N) is 2. The molecule has 0 unspecified atom stereocenters. The van der Waals surface area contributed by atoms with Gasteiger partial charge in [-0.1, -0.05) is 35.5 Å². The first-order valence-corrected chi connectivity index (χ1v) is 11.4. The number of rotatable bonds is 3. The third-order valence-corrected chi connectivity index (χ3v) is 8.07. The number of amides is 2. The number of ether oxygens (including phenoxy) is 1. The van der Waals surface area contributed by atoms with Gasteiger partial charge >= 0.3 is 0 Å². The Hall–Kier alpha value is -3.67. The molecule has 2 aliphatic carbocycles. The van der Waals surface area contributed by atoms with Gasteiger partial charge in [0.2, 0.25) is 11.8 Å². The first kappa shape index (κ1) is 18.9. The smallest absolute Gasteiger partial charge is 0.238 e. The summed E-state index contributed by atoms with van der Waals surface area (Å²) in [6.07, 6.45) is 0.699. The monoisotopic (exact) mass is 438 g/mol. The van der Waals surface area contributed by atoms with E-state index in [-0.39, 0.29) is 47.5 Å². The maximum atomic E-state index is 13.6. The van der Waals surface area contributed by atoms with Crippen LogP contribution in [0.5, 0.6) is 5.75 Å². The molecular formula is C27H22N2O4. The SMILES string of the molecule is COc1ccc(C2=NO[C@H]3[C@@H]4C[C@H]([C@@H]23)[C@H]2C(=O)N(c3ccc5ccccc5c3)C(=O)[C@@H]42)cc1. The maximum Gasteiger partial charge on any atom is 0.238 e. The zero-order valence-electron chi connectivity index (χ0n) is 18.0. The molecule has 6 atom stereocenters. The van der Waals surface area contributed by atoms with Crippen LogP contribution < -0.4 is 9.64 Å². The van der Waals surface area contributed by atoms with Crippen molar-refractivity contribution in [1.82, 2.24) is 0 Å². The fraction of sp³-hybridized carbons (Fsp3) is 0.296. The molecule has 7 rings (SSSR count). The number of imide groups is 1. The lowest BCUT2D eigenvalue weighted by Crippen LogP contribution is -2.41. The molecular weight excluding hydrogens is 416 g/mol. The molecule has 6 heteroatoms. The summed E-state index contributed by atoms with van der Waals surface area (Å²) in [5.41, 5.74) is 2.53. The largest absolute Gasteiger partial charge is 0.497 e. The van der Waals surface area contributed by atoms with Gasteiger partial charge in [-0.25, -0.2) is 0 Å². The van der Waals surface area contributed by atoms with E-state index in [0.717, 1.165) is 34.2 Å². The van der Waals surface area contributed by atoms with Crippen LogP contribution in [0.15, 0.2) is 71.9 Å². The second kappa shape index (κ2) is 6.67. The second-order valence-electron chi connectivity index (χ2n) is 9.46. The van der Waals surface area contributed by atoms with Crippen LogP contribution in [-0.2, 0) is 14.4 Å². The van der Waals surface area contributed by atoms with E-state index in [0.29, 0.717) is 5.69 Å². The lowest BCUT2D eigenvalue weighted by atomic mass is 9.71. The Morgan fingerprint density at radius 1 is 0.879 bits per heavy atom. The van der Waals surface area contributed by atoms with E-state index < -0.39 is 0 Å². The zero-order valence-corrected chi connectivity index (χ0v) is 18.0. The standard InChI is InChI=1S/C27H22N2O4/c1-32-18-10-7-15(8-11-18)24-23-19-13-20(25(23)33-28-24)22-21(19)26(30)29(27(22)31)17-9-6-14-4-2-3-5-16(14)12-17/h2-12,19-23,25H,13H2,1H3/t19-,20+,21+,22-,23-,25-/m0/s1. The van der Waals surface area contributed by atoms with Crippen LogP contribution in [0.3, 0.4) is 0 Å². The zero-order chi connectivity index (χ0) is 22.3. The molecule has 164 valence electrons. The molecule has 6 nitrogen and oxygen atoms in total. The molecule has 1 saturated heterocycles. The van der Waals surface area contributed by atoms with Crippen LogP contribution in [0.4, 0.5) is 5.69 Å². The van der Waals surface area contributed by atoms with Crippen molar-refractivity contribution < 1.29 is 19.2 Å². The van der Waals surface area contributed by atoms with Gasteiger partial charge in [-0.3, -0.25) is 14.5 Å². The first-order valence-electron chi connectivity index (χ1n) is 11.4. The number of benzene rings is 3. The van der Waals surface area contributed by atoms with Gasteiger partial charge in [-0.05, 0) is 59.5 Å². The quantitative estimate of drug-likeness (QED) is 0.579. The van der Waals surface area contributed by atoms with E-state index in [1.54, 1.807) is 7.11 Å². The Kier molecular flexibility index (Phi) is 3.81. The average Bonchev–Trinajstić information content (AvgIpc) is 3.59. The topological polar surface area (TPSA) is 68.2 Å². The number of carbonyl (C=O) groups excluding carboxylic acids is 2. The number of hydrogen-bond donors (Lipinski definition) is 0. The fourth-order valence-corrected chi connectivity index (χ4v) is 6.70. The molecule has 0 radical (unpaired) electrons. The van der Waals surface area contributed by atoms with Crippen molar-refractivity contribution in [1.29, 1.82) is 0 Å². The lowest BCUT2D eigenvalue weighted by Gasteiger charge is -2.29. The van der Waals surface area contributed by atoms with E-state index in [1.807, 2.05) is 66.7 Å². The number of methoxy groups -OCH3 is 1. The Bertz CT molecular complexity index is 1350. The summed E-state index contributed by atoms with van der Waals surface area (Å²) in [7, 11) is 1.64. The normalized spacial score (nSPS) is 31.5. The maximum absolute atomic E-state index is 13.6. The first-order chi connectivity index (χ1) is 16.2. The molecule has 2 bridgehead atoms. The molecule has 3 fully saturated rings. The van der Waals surface area contributed by atoms with Crippen molar-refractivity contribution in [3.05, 3.63) is 72.3 Å². The van der Waals surface area contributed by atoms with E-state index in [9.17, 15) is 9.59 Å². The number of anilines is 1. The highest BCUT2D eigenvalue weighted by Crippen LogP contribution is 2.62. The summed E-state index contributed by atoms with van der Waals surface area (Å²) in [5, 5.41) is 6.52. The molecule has 3 aromatic carbocycles. The minimum Gasteiger partial charge on any atom is -0.497 e. The summed E-state index contributed by atoms with van der Waals surface area (Å²) < 4.78 is 5.27. The average molecular weight is 438 g/mol. The number of carbonyl (C=O) groups is 2. The van der Waals surface area contributed by atoms with Crippen LogP contribution in [-0.4, -0.2) is 30.7 Å². The van der Waals surface area contributed by atoms with Gasteiger partial charge in [0, 0.05) is 17.4 Å². The summed E-state index contributed by atoms with van der Waals surface area (Å²) in [6.45, 7) is 0. The van der Waals surface area contributed by atoms with E-state index in [2.05, 4.69) is 5.16 Å². The fourth-order valence-electron chi connectivity index (χ4n) is 6.70. The van der Waals surface area contributed by atoms with Crippen molar-refractivity contribution in [3.63, 3.8) is 0 Å². The highest BCUT2D eigenvalue weighted by atomic mass is 16.6. The van der Waals surface area contributed by atoms with Crippen LogP contribution in [0, 0.1) is 29.6 Å². The summed E-state index contributed by atoms with van der Waals surface area (Å²) in [6, 6.07) is 21.6. The van der Waals surface area contributed by atoms with Gasteiger partial charge in [-0.2, -0.15) is 0 Å². The molecule has 2 saturated carbocycles. The molecule has 2 amide bonds. The van der Waals surface area contributed by atoms with Crippen molar-refractivity contribution in [2.24, 2.45) is 34.7 Å². The van der Waals surface area contributed by atoms with E-state index >= 15 is 0 Å². The van der Waals surface area contributed by atoms with Gasteiger partial charge in [0.05, 0.1) is 30.3 Å². The Morgan fingerprint density at radius 2 is 1.61 bits per heavy atom. The highest BCUT2D eigenvalue weighted by Gasteiger charge is 2.70. The number of fused-ring (bicyclic) bond motifs is 9. The molecule has 0 N–H and O–H groups in total. The van der Waals surface area contributed by atoms with Crippen molar-refractivity contribution in [2.75, 3.05) is 12.0 Å². The minimum absolute atomic E-state index is 0.0198. The minimum atomic E-state index is -0.319. The number of oxime groups is 1. The van der Waals surface area contributed by atoms with Crippen molar-refractivity contribution in [3.8, 4) is 5.75 Å².